The normalized spacial score (nSPS) is 11.6. The van der Waals surface area contributed by atoms with Crippen molar-refractivity contribution in [1.82, 2.24) is 19.8 Å². The fourth-order valence-corrected chi connectivity index (χ4v) is 4.19. The van der Waals surface area contributed by atoms with Gasteiger partial charge in [0.25, 0.3) is 5.56 Å². The lowest BCUT2D eigenvalue weighted by Crippen LogP contribution is -2.30. The lowest BCUT2D eigenvalue weighted by molar-refractivity contribution is 0.541. The van der Waals surface area contributed by atoms with Crippen LogP contribution in [-0.4, -0.2) is 19.8 Å². The maximum Gasteiger partial charge on any atom is 0.297 e. The summed E-state index contributed by atoms with van der Waals surface area (Å²) in [6, 6.07) is 7.36. The lowest BCUT2D eigenvalue weighted by Gasteiger charge is -2.14. The molecule has 2 heterocycles. The van der Waals surface area contributed by atoms with E-state index in [1.165, 1.54) is 27.6 Å². The van der Waals surface area contributed by atoms with Gasteiger partial charge in [-0.2, -0.15) is 9.78 Å². The highest BCUT2D eigenvalue weighted by Gasteiger charge is 2.23. The van der Waals surface area contributed by atoms with E-state index < -0.39 is 5.41 Å². The Kier molecular flexibility index (Phi) is 4.82. The molecule has 1 aromatic carbocycles. The van der Waals surface area contributed by atoms with E-state index in [1.54, 1.807) is 12.1 Å². The van der Waals surface area contributed by atoms with Crippen molar-refractivity contribution >= 4 is 39.7 Å². The topological polar surface area (TPSA) is 83.9 Å². The maximum atomic E-state index is 12.5. The molecule has 0 aliphatic carbocycles. The van der Waals surface area contributed by atoms with Crippen molar-refractivity contribution in [3.8, 4) is 6.07 Å². The monoisotopic (exact) mass is 391 g/mol. The Morgan fingerprint density at radius 2 is 2.12 bits per heavy atom. The number of hydrogen-bond donors (Lipinski definition) is 0. The van der Waals surface area contributed by atoms with E-state index in [0.717, 1.165) is 5.56 Å². The SMILES string of the molecule is CC(C)(C)c1nnc2sc(SCc3ccc(Cl)cc3C#N)nn2c1=O. The minimum Gasteiger partial charge on any atom is -0.265 e. The number of nitriles is 1. The highest BCUT2D eigenvalue weighted by atomic mass is 35.5. The van der Waals surface area contributed by atoms with Crippen LogP contribution in [0.3, 0.4) is 0 Å². The first-order valence-electron chi connectivity index (χ1n) is 7.38. The third-order valence-electron chi connectivity index (χ3n) is 3.43. The number of rotatable bonds is 3. The zero-order valence-electron chi connectivity index (χ0n) is 13.8. The molecule has 9 heteroatoms. The van der Waals surface area contributed by atoms with E-state index in [-0.39, 0.29) is 5.56 Å². The van der Waals surface area contributed by atoms with Gasteiger partial charge in [0.2, 0.25) is 4.96 Å². The van der Waals surface area contributed by atoms with Crippen molar-refractivity contribution in [3.05, 3.63) is 50.4 Å². The molecule has 0 amide bonds. The Morgan fingerprint density at radius 1 is 1.36 bits per heavy atom. The van der Waals surface area contributed by atoms with Crippen molar-refractivity contribution in [2.75, 3.05) is 0 Å². The second-order valence-corrected chi connectivity index (χ2v) is 8.98. The summed E-state index contributed by atoms with van der Waals surface area (Å²) in [5.74, 6) is 0.550. The molecule has 0 saturated carbocycles. The van der Waals surface area contributed by atoms with Crippen molar-refractivity contribution < 1.29 is 0 Å². The van der Waals surface area contributed by atoms with Crippen LogP contribution in [0.25, 0.3) is 4.96 Å². The molecule has 0 N–H and O–H groups in total. The third-order valence-corrected chi connectivity index (χ3v) is 5.74. The molecule has 0 atom stereocenters. The van der Waals surface area contributed by atoms with Crippen LogP contribution in [-0.2, 0) is 11.2 Å². The number of hydrogen-bond acceptors (Lipinski definition) is 7. The van der Waals surface area contributed by atoms with Crippen LogP contribution < -0.4 is 5.56 Å². The van der Waals surface area contributed by atoms with Gasteiger partial charge < -0.3 is 0 Å². The predicted molar refractivity (Wildman–Crippen MR) is 99.4 cm³/mol. The molecule has 3 aromatic rings. The van der Waals surface area contributed by atoms with Gasteiger partial charge in [0.1, 0.15) is 5.69 Å². The van der Waals surface area contributed by atoms with E-state index in [4.69, 9.17) is 11.6 Å². The lowest BCUT2D eigenvalue weighted by atomic mass is 9.93. The summed E-state index contributed by atoms with van der Waals surface area (Å²) in [4.78, 5) is 13.0. The van der Waals surface area contributed by atoms with Gasteiger partial charge in [-0.1, -0.05) is 61.5 Å². The zero-order valence-corrected chi connectivity index (χ0v) is 16.2. The smallest absolute Gasteiger partial charge is 0.265 e. The molecule has 0 aliphatic heterocycles. The summed E-state index contributed by atoms with van der Waals surface area (Å²) in [5.41, 5.74) is 1.15. The minimum absolute atomic E-state index is 0.246. The molecule has 25 heavy (non-hydrogen) atoms. The van der Waals surface area contributed by atoms with Crippen molar-refractivity contribution in [1.29, 1.82) is 5.26 Å². The van der Waals surface area contributed by atoms with Crippen LogP contribution in [0.2, 0.25) is 5.02 Å². The standard InChI is InChI=1S/C16H14ClN5OS2/c1-16(2,3)12-13(23)22-14(20-19-12)25-15(21-22)24-8-9-4-5-11(17)6-10(9)7-18/h4-6H,8H2,1-3H3. The summed E-state index contributed by atoms with van der Waals surface area (Å²) < 4.78 is 1.99. The average Bonchev–Trinajstić information content (AvgIpc) is 2.96. The molecule has 0 unspecified atom stereocenters. The van der Waals surface area contributed by atoms with Gasteiger partial charge in [-0.25, -0.2) is 0 Å². The number of halogens is 1. The highest BCUT2D eigenvalue weighted by Crippen LogP contribution is 2.28. The Bertz CT molecular complexity index is 1050. The van der Waals surface area contributed by atoms with Crippen LogP contribution in [0, 0.1) is 11.3 Å². The maximum absolute atomic E-state index is 12.5. The minimum atomic E-state index is -0.396. The summed E-state index contributed by atoms with van der Waals surface area (Å²) in [6.07, 6.45) is 0. The van der Waals surface area contributed by atoms with E-state index in [9.17, 15) is 10.1 Å². The van der Waals surface area contributed by atoms with Gasteiger partial charge in [0.05, 0.1) is 11.6 Å². The van der Waals surface area contributed by atoms with E-state index in [0.29, 0.717) is 31.3 Å². The van der Waals surface area contributed by atoms with Gasteiger partial charge in [-0.3, -0.25) is 4.79 Å². The largest absolute Gasteiger partial charge is 0.297 e. The van der Waals surface area contributed by atoms with Crippen molar-refractivity contribution in [3.63, 3.8) is 0 Å². The molecule has 0 saturated heterocycles. The highest BCUT2D eigenvalue weighted by molar-refractivity contribution is 8.00. The quantitative estimate of drug-likeness (QED) is 0.633. The molecule has 0 fully saturated rings. The molecular weight excluding hydrogens is 378 g/mol. The van der Waals surface area contributed by atoms with E-state index in [2.05, 4.69) is 21.4 Å². The van der Waals surface area contributed by atoms with Gasteiger partial charge in [0.15, 0.2) is 4.34 Å². The molecule has 0 bridgehead atoms. The van der Waals surface area contributed by atoms with Crippen molar-refractivity contribution in [2.24, 2.45) is 0 Å². The average molecular weight is 392 g/mol. The number of fused-ring (bicyclic) bond motifs is 1. The number of aromatic nitrogens is 4. The van der Waals surface area contributed by atoms with E-state index >= 15 is 0 Å². The summed E-state index contributed by atoms with van der Waals surface area (Å²) >= 11 is 8.65. The van der Waals surface area contributed by atoms with E-state index in [1.807, 2.05) is 26.8 Å². The Balaban J connectivity index is 1.90. The second-order valence-electron chi connectivity index (χ2n) is 6.37. The number of nitrogens with zero attached hydrogens (tertiary/aromatic N) is 5. The van der Waals surface area contributed by atoms with Crippen LogP contribution in [0.15, 0.2) is 27.3 Å². The Morgan fingerprint density at radius 3 is 2.80 bits per heavy atom. The Hall–Kier alpha value is -1.95. The van der Waals surface area contributed by atoms with Gasteiger partial charge >= 0.3 is 0 Å². The van der Waals surface area contributed by atoms with Gasteiger partial charge in [-0.05, 0) is 17.7 Å². The summed E-state index contributed by atoms with van der Waals surface area (Å²) in [5, 5.41) is 22.3. The van der Waals surface area contributed by atoms with Crippen LogP contribution >= 0.6 is 34.7 Å². The third kappa shape index (κ3) is 3.68. The fourth-order valence-electron chi connectivity index (χ4n) is 2.14. The van der Waals surface area contributed by atoms with Crippen LogP contribution in [0.5, 0.6) is 0 Å². The zero-order chi connectivity index (χ0) is 18.2. The Labute approximate surface area is 157 Å². The molecular formula is C16H14ClN5OS2. The number of thioether (sulfide) groups is 1. The first-order valence-corrected chi connectivity index (χ1v) is 9.56. The fraction of sp³-hybridized carbons (Fsp3) is 0.312. The molecule has 128 valence electrons. The van der Waals surface area contributed by atoms with Gasteiger partial charge in [-0.15, -0.1) is 15.3 Å². The van der Waals surface area contributed by atoms with Gasteiger partial charge in [0, 0.05) is 16.2 Å². The summed E-state index contributed by atoms with van der Waals surface area (Å²) in [7, 11) is 0. The van der Waals surface area contributed by atoms with Crippen molar-refractivity contribution in [2.45, 2.75) is 36.3 Å². The summed E-state index contributed by atoms with van der Waals surface area (Å²) in [6.45, 7) is 5.74. The van der Waals surface area contributed by atoms with Crippen LogP contribution in [0.4, 0.5) is 0 Å². The molecule has 0 aliphatic rings. The predicted octanol–water partition coefficient (Wildman–Crippen LogP) is 3.66. The second kappa shape index (κ2) is 6.75. The molecule has 6 nitrogen and oxygen atoms in total. The number of benzene rings is 1. The van der Waals surface area contributed by atoms with Crippen LogP contribution in [0.1, 0.15) is 37.6 Å². The first-order chi connectivity index (χ1) is 11.8. The molecule has 0 spiro atoms. The molecule has 0 radical (unpaired) electrons. The first kappa shape index (κ1) is 17.9. The molecule has 3 rings (SSSR count). The molecule has 2 aromatic heterocycles.